The Kier molecular flexibility index (Phi) is 4.70. The average Bonchev–Trinajstić information content (AvgIpc) is 2.93. The van der Waals surface area contributed by atoms with Gasteiger partial charge < -0.3 is 4.90 Å². The summed E-state index contributed by atoms with van der Waals surface area (Å²) >= 11 is 0. The fraction of sp³-hybridized carbons (Fsp3) is 0.533. The summed E-state index contributed by atoms with van der Waals surface area (Å²) in [5.41, 5.74) is 0.865. The molecule has 1 unspecified atom stereocenters. The SMILES string of the molecule is CCN1CCCC1CN(C)C(=O)c1ccc(C#N)cn1. The number of likely N-dealkylation sites (tertiary alicyclic amines) is 1. The Labute approximate surface area is 119 Å². The maximum Gasteiger partial charge on any atom is 0.272 e. The lowest BCUT2D eigenvalue weighted by Crippen LogP contribution is -2.41. The molecule has 1 saturated heterocycles. The largest absolute Gasteiger partial charge is 0.339 e. The molecular formula is C15H20N4O. The van der Waals surface area contributed by atoms with E-state index in [9.17, 15) is 4.79 Å². The van der Waals surface area contributed by atoms with Gasteiger partial charge in [0.2, 0.25) is 0 Å². The molecule has 0 aliphatic carbocycles. The quantitative estimate of drug-likeness (QED) is 0.833. The van der Waals surface area contributed by atoms with Gasteiger partial charge in [-0.1, -0.05) is 6.92 Å². The lowest BCUT2D eigenvalue weighted by atomic mass is 10.2. The number of carbonyl (C=O) groups excluding carboxylic acids is 1. The number of hydrogen-bond donors (Lipinski definition) is 0. The third-order valence-corrected chi connectivity index (χ3v) is 3.85. The Morgan fingerprint density at radius 3 is 3.00 bits per heavy atom. The topological polar surface area (TPSA) is 60.2 Å². The van der Waals surface area contributed by atoms with Crippen molar-refractivity contribution < 1.29 is 4.79 Å². The minimum absolute atomic E-state index is 0.0857. The van der Waals surface area contributed by atoms with E-state index in [4.69, 9.17) is 5.26 Å². The minimum atomic E-state index is -0.0857. The van der Waals surface area contributed by atoms with Crippen LogP contribution in [0.3, 0.4) is 0 Å². The number of amides is 1. The lowest BCUT2D eigenvalue weighted by Gasteiger charge is -2.27. The van der Waals surface area contributed by atoms with Crippen LogP contribution in [0.1, 0.15) is 35.8 Å². The summed E-state index contributed by atoms with van der Waals surface area (Å²) in [6.07, 6.45) is 3.79. The molecule has 1 fully saturated rings. The molecule has 0 N–H and O–H groups in total. The zero-order valence-corrected chi connectivity index (χ0v) is 12.0. The molecule has 0 saturated carbocycles. The van der Waals surface area contributed by atoms with Crippen molar-refractivity contribution in [3.8, 4) is 6.07 Å². The number of rotatable bonds is 4. The van der Waals surface area contributed by atoms with Crippen molar-refractivity contribution in [2.24, 2.45) is 0 Å². The second-order valence-electron chi connectivity index (χ2n) is 5.15. The molecule has 2 rings (SSSR count). The third kappa shape index (κ3) is 3.14. The van der Waals surface area contributed by atoms with Gasteiger partial charge >= 0.3 is 0 Å². The highest BCUT2D eigenvalue weighted by Crippen LogP contribution is 2.17. The normalized spacial score (nSPS) is 18.8. The van der Waals surface area contributed by atoms with Crippen LogP contribution in [0.15, 0.2) is 18.3 Å². The van der Waals surface area contributed by atoms with E-state index in [1.54, 1.807) is 17.0 Å². The van der Waals surface area contributed by atoms with Crippen molar-refractivity contribution >= 4 is 5.91 Å². The molecule has 1 aromatic heterocycles. The van der Waals surface area contributed by atoms with E-state index in [-0.39, 0.29) is 5.91 Å². The summed E-state index contributed by atoms with van der Waals surface area (Å²) in [5.74, 6) is -0.0857. The number of carbonyl (C=O) groups is 1. The predicted molar refractivity (Wildman–Crippen MR) is 76.2 cm³/mol. The molecule has 0 bridgehead atoms. The number of pyridine rings is 1. The van der Waals surface area contributed by atoms with Gasteiger partial charge in [-0.2, -0.15) is 5.26 Å². The maximum atomic E-state index is 12.3. The van der Waals surface area contributed by atoms with E-state index in [0.717, 1.165) is 26.1 Å². The van der Waals surface area contributed by atoms with Gasteiger partial charge in [-0.25, -0.2) is 4.98 Å². The van der Waals surface area contributed by atoms with Crippen LogP contribution in [-0.4, -0.2) is 53.4 Å². The molecular weight excluding hydrogens is 252 g/mol. The highest BCUT2D eigenvalue weighted by atomic mass is 16.2. The zero-order chi connectivity index (χ0) is 14.5. The molecule has 0 spiro atoms. The first-order valence-electron chi connectivity index (χ1n) is 7.01. The van der Waals surface area contributed by atoms with E-state index < -0.39 is 0 Å². The van der Waals surface area contributed by atoms with Crippen molar-refractivity contribution in [3.05, 3.63) is 29.6 Å². The number of aromatic nitrogens is 1. The smallest absolute Gasteiger partial charge is 0.272 e. The van der Waals surface area contributed by atoms with Gasteiger partial charge in [0.15, 0.2) is 0 Å². The van der Waals surface area contributed by atoms with E-state index in [2.05, 4.69) is 16.8 Å². The fourth-order valence-corrected chi connectivity index (χ4v) is 2.70. The average molecular weight is 272 g/mol. The van der Waals surface area contributed by atoms with Crippen molar-refractivity contribution in [2.75, 3.05) is 26.7 Å². The van der Waals surface area contributed by atoms with Crippen LogP contribution in [0.4, 0.5) is 0 Å². The van der Waals surface area contributed by atoms with Crippen molar-refractivity contribution in [3.63, 3.8) is 0 Å². The molecule has 0 radical (unpaired) electrons. The van der Waals surface area contributed by atoms with Gasteiger partial charge in [0.05, 0.1) is 5.56 Å². The number of likely N-dealkylation sites (N-methyl/N-ethyl adjacent to an activating group) is 2. The molecule has 106 valence electrons. The summed E-state index contributed by atoms with van der Waals surface area (Å²) < 4.78 is 0. The summed E-state index contributed by atoms with van der Waals surface area (Å²) in [4.78, 5) is 20.5. The van der Waals surface area contributed by atoms with Crippen molar-refractivity contribution in [1.29, 1.82) is 5.26 Å². The van der Waals surface area contributed by atoms with Crippen LogP contribution in [0.2, 0.25) is 0 Å². The van der Waals surface area contributed by atoms with Gasteiger partial charge in [-0.3, -0.25) is 9.69 Å². The van der Waals surface area contributed by atoms with Crippen LogP contribution in [0, 0.1) is 11.3 Å². The first-order chi connectivity index (χ1) is 9.65. The Hall–Kier alpha value is -1.93. The summed E-state index contributed by atoms with van der Waals surface area (Å²) in [6.45, 7) is 5.04. The second-order valence-corrected chi connectivity index (χ2v) is 5.15. The van der Waals surface area contributed by atoms with E-state index >= 15 is 0 Å². The lowest BCUT2D eigenvalue weighted by molar-refractivity contribution is 0.0749. The van der Waals surface area contributed by atoms with Gasteiger partial charge in [-0.15, -0.1) is 0 Å². The van der Waals surface area contributed by atoms with Gasteiger partial charge in [0.1, 0.15) is 11.8 Å². The zero-order valence-electron chi connectivity index (χ0n) is 12.0. The Morgan fingerprint density at radius 2 is 2.40 bits per heavy atom. The number of nitriles is 1. The number of nitrogens with zero attached hydrogens (tertiary/aromatic N) is 4. The Morgan fingerprint density at radius 1 is 1.60 bits per heavy atom. The summed E-state index contributed by atoms with van der Waals surface area (Å²) in [5, 5.41) is 8.73. The fourth-order valence-electron chi connectivity index (χ4n) is 2.70. The molecule has 5 heteroatoms. The Bertz CT molecular complexity index is 506. The second kappa shape index (κ2) is 6.49. The van der Waals surface area contributed by atoms with Crippen LogP contribution in [0.5, 0.6) is 0 Å². The van der Waals surface area contributed by atoms with Crippen LogP contribution < -0.4 is 0 Å². The van der Waals surface area contributed by atoms with E-state index in [1.165, 1.54) is 12.6 Å². The molecule has 1 aromatic rings. The molecule has 5 nitrogen and oxygen atoms in total. The number of hydrogen-bond acceptors (Lipinski definition) is 4. The molecule has 20 heavy (non-hydrogen) atoms. The monoisotopic (exact) mass is 272 g/mol. The van der Waals surface area contributed by atoms with Crippen LogP contribution in [-0.2, 0) is 0 Å². The molecule has 1 aliphatic heterocycles. The molecule has 1 aliphatic rings. The first kappa shape index (κ1) is 14.5. The van der Waals surface area contributed by atoms with E-state index in [0.29, 0.717) is 17.3 Å². The molecule has 1 atom stereocenters. The molecule has 2 heterocycles. The van der Waals surface area contributed by atoms with E-state index in [1.807, 2.05) is 13.1 Å². The highest BCUT2D eigenvalue weighted by molar-refractivity contribution is 5.92. The van der Waals surface area contributed by atoms with Crippen molar-refractivity contribution in [2.45, 2.75) is 25.8 Å². The standard InChI is InChI=1S/C15H20N4O/c1-3-19-8-4-5-13(19)11-18(2)15(20)14-7-6-12(9-16)10-17-14/h6-7,10,13H,3-5,8,11H2,1-2H3. The van der Waals surface area contributed by atoms with Crippen LogP contribution >= 0.6 is 0 Å². The molecule has 0 aromatic carbocycles. The van der Waals surface area contributed by atoms with Crippen LogP contribution in [0.25, 0.3) is 0 Å². The third-order valence-electron chi connectivity index (χ3n) is 3.85. The van der Waals surface area contributed by atoms with Crippen molar-refractivity contribution in [1.82, 2.24) is 14.8 Å². The van der Waals surface area contributed by atoms with Gasteiger partial charge in [0.25, 0.3) is 5.91 Å². The maximum absolute atomic E-state index is 12.3. The minimum Gasteiger partial charge on any atom is -0.339 e. The molecule has 1 amide bonds. The Balaban J connectivity index is 1.99. The summed E-state index contributed by atoms with van der Waals surface area (Å²) in [7, 11) is 1.81. The van der Waals surface area contributed by atoms with Gasteiger partial charge in [0, 0.05) is 25.8 Å². The first-order valence-corrected chi connectivity index (χ1v) is 7.01. The highest BCUT2D eigenvalue weighted by Gasteiger charge is 2.26. The summed E-state index contributed by atoms with van der Waals surface area (Å²) in [6, 6.07) is 5.69. The predicted octanol–water partition coefficient (Wildman–Crippen LogP) is 1.51. The van der Waals surface area contributed by atoms with Gasteiger partial charge in [-0.05, 0) is 38.1 Å².